The molecule has 0 atom stereocenters. The van der Waals surface area contributed by atoms with E-state index in [4.69, 9.17) is 0 Å². The summed E-state index contributed by atoms with van der Waals surface area (Å²) in [6.45, 7) is 4.94. The molecule has 1 aromatic heterocycles. The summed E-state index contributed by atoms with van der Waals surface area (Å²) in [5.41, 5.74) is 0.976. The lowest BCUT2D eigenvalue weighted by Gasteiger charge is -2.13. The van der Waals surface area contributed by atoms with E-state index in [0.717, 1.165) is 55.6 Å². The molecule has 2 N–H and O–H groups in total. The van der Waals surface area contributed by atoms with E-state index < -0.39 is 0 Å². The highest BCUT2D eigenvalue weighted by atomic mass is 32.2. The van der Waals surface area contributed by atoms with Gasteiger partial charge in [0, 0.05) is 26.1 Å². The van der Waals surface area contributed by atoms with Crippen LogP contribution in [0.3, 0.4) is 0 Å². The van der Waals surface area contributed by atoms with Gasteiger partial charge in [0.1, 0.15) is 18.0 Å². The molecule has 26 heavy (non-hydrogen) atoms. The molecule has 0 bridgehead atoms. The van der Waals surface area contributed by atoms with Crippen molar-refractivity contribution in [2.75, 3.05) is 25.1 Å². The summed E-state index contributed by atoms with van der Waals surface area (Å²) in [5, 5.41) is 14.7. The Morgan fingerprint density at radius 1 is 1.23 bits per heavy atom. The molecule has 0 amide bonds. The number of benzene rings is 1. The van der Waals surface area contributed by atoms with Crippen LogP contribution in [-0.4, -0.2) is 45.8 Å². The fourth-order valence-corrected chi connectivity index (χ4v) is 2.83. The highest BCUT2D eigenvalue weighted by Crippen LogP contribution is 2.04. The number of rotatable bonds is 10. The van der Waals surface area contributed by atoms with Gasteiger partial charge in [-0.15, -0.1) is 10.2 Å². The number of hydrogen-bond acceptors (Lipinski definition) is 4. The van der Waals surface area contributed by atoms with E-state index in [9.17, 15) is 4.39 Å². The molecular weight excluding hydrogens is 351 g/mol. The Morgan fingerprint density at radius 2 is 2.00 bits per heavy atom. The Balaban J connectivity index is 1.89. The number of halogens is 1. The van der Waals surface area contributed by atoms with Gasteiger partial charge in [-0.1, -0.05) is 19.1 Å². The van der Waals surface area contributed by atoms with Gasteiger partial charge in [-0.05, 0) is 36.1 Å². The molecule has 0 unspecified atom stereocenters. The van der Waals surface area contributed by atoms with Crippen LogP contribution in [0.25, 0.3) is 0 Å². The number of aromatic nitrogens is 3. The molecule has 0 aliphatic heterocycles. The van der Waals surface area contributed by atoms with Crippen molar-refractivity contribution in [2.24, 2.45) is 4.99 Å². The summed E-state index contributed by atoms with van der Waals surface area (Å²) in [6.07, 6.45) is 5.79. The van der Waals surface area contributed by atoms with Gasteiger partial charge in [-0.3, -0.25) is 0 Å². The van der Waals surface area contributed by atoms with Gasteiger partial charge in [-0.25, -0.2) is 9.38 Å². The molecule has 1 aromatic carbocycles. The Morgan fingerprint density at radius 3 is 2.73 bits per heavy atom. The van der Waals surface area contributed by atoms with E-state index in [-0.39, 0.29) is 5.82 Å². The Bertz CT molecular complexity index is 671. The van der Waals surface area contributed by atoms with E-state index in [1.54, 1.807) is 18.5 Å². The van der Waals surface area contributed by atoms with Crippen LogP contribution in [0.2, 0.25) is 0 Å². The second-order valence-electron chi connectivity index (χ2n) is 5.79. The second-order valence-corrected chi connectivity index (χ2v) is 6.77. The quantitative estimate of drug-likeness (QED) is 0.378. The lowest BCUT2D eigenvalue weighted by molar-refractivity contribution is 0.626. The van der Waals surface area contributed by atoms with Crippen LogP contribution in [0.1, 0.15) is 24.7 Å². The molecule has 0 fully saturated rings. The number of nitrogens with zero attached hydrogens (tertiary/aromatic N) is 4. The fourth-order valence-electron chi connectivity index (χ4n) is 2.39. The van der Waals surface area contributed by atoms with Crippen LogP contribution in [0.15, 0.2) is 35.6 Å². The molecule has 0 aliphatic rings. The van der Waals surface area contributed by atoms with Crippen LogP contribution in [0, 0.1) is 5.82 Å². The van der Waals surface area contributed by atoms with E-state index >= 15 is 0 Å². The van der Waals surface area contributed by atoms with E-state index in [1.165, 1.54) is 12.1 Å². The molecule has 1 heterocycles. The standard InChI is InChI=1S/C18H27FN6S/c1-3-17-24-23-14-25(17)11-10-21-18(20-9-4-12-26-2)22-13-15-5-7-16(19)8-6-15/h5-8,14H,3-4,9-13H2,1-2H3,(H2,20,21,22). The third-order valence-electron chi connectivity index (χ3n) is 3.81. The van der Waals surface area contributed by atoms with Gasteiger partial charge >= 0.3 is 0 Å². The predicted molar refractivity (Wildman–Crippen MR) is 106 cm³/mol. The highest BCUT2D eigenvalue weighted by molar-refractivity contribution is 7.98. The summed E-state index contributed by atoms with van der Waals surface area (Å²) >= 11 is 1.83. The zero-order valence-electron chi connectivity index (χ0n) is 15.4. The van der Waals surface area contributed by atoms with Crippen LogP contribution in [-0.2, 0) is 19.5 Å². The van der Waals surface area contributed by atoms with Crippen molar-refractivity contribution in [3.63, 3.8) is 0 Å². The maximum atomic E-state index is 13.0. The summed E-state index contributed by atoms with van der Waals surface area (Å²) < 4.78 is 15.1. The maximum Gasteiger partial charge on any atom is 0.191 e. The first-order chi connectivity index (χ1) is 12.7. The van der Waals surface area contributed by atoms with Crippen molar-refractivity contribution in [1.82, 2.24) is 25.4 Å². The Kier molecular flexibility index (Phi) is 8.95. The molecular formula is C18H27FN6S. The van der Waals surface area contributed by atoms with Gasteiger partial charge in [-0.2, -0.15) is 11.8 Å². The Hall–Kier alpha value is -2.09. The highest BCUT2D eigenvalue weighted by Gasteiger charge is 2.03. The summed E-state index contributed by atoms with van der Waals surface area (Å²) in [7, 11) is 0. The number of guanidine groups is 1. The largest absolute Gasteiger partial charge is 0.356 e. The normalized spacial score (nSPS) is 11.6. The van der Waals surface area contributed by atoms with Crippen molar-refractivity contribution >= 4 is 17.7 Å². The van der Waals surface area contributed by atoms with Gasteiger partial charge in [0.2, 0.25) is 0 Å². The first kappa shape index (κ1) is 20.2. The molecule has 8 heteroatoms. The minimum atomic E-state index is -0.230. The van der Waals surface area contributed by atoms with Gasteiger partial charge in [0.25, 0.3) is 0 Å². The molecule has 0 spiro atoms. The lowest BCUT2D eigenvalue weighted by Crippen LogP contribution is -2.39. The number of nitrogens with one attached hydrogen (secondary N) is 2. The van der Waals surface area contributed by atoms with Crippen LogP contribution in [0.4, 0.5) is 4.39 Å². The van der Waals surface area contributed by atoms with Crippen molar-refractivity contribution in [3.8, 4) is 0 Å². The SMILES string of the molecule is CCc1nncn1CCNC(=NCc1ccc(F)cc1)NCCCSC. The molecule has 0 radical (unpaired) electrons. The van der Waals surface area contributed by atoms with E-state index in [0.29, 0.717) is 6.54 Å². The van der Waals surface area contributed by atoms with Crippen molar-refractivity contribution in [1.29, 1.82) is 0 Å². The Labute approximate surface area is 158 Å². The first-order valence-electron chi connectivity index (χ1n) is 8.85. The summed E-state index contributed by atoms with van der Waals surface area (Å²) in [5.74, 6) is 2.62. The number of aliphatic imine (C=N–C) groups is 1. The van der Waals surface area contributed by atoms with Gasteiger partial charge in [0.15, 0.2) is 5.96 Å². The van der Waals surface area contributed by atoms with E-state index in [2.05, 4.69) is 39.0 Å². The molecule has 142 valence electrons. The van der Waals surface area contributed by atoms with Gasteiger partial charge < -0.3 is 15.2 Å². The maximum absolute atomic E-state index is 13.0. The van der Waals surface area contributed by atoms with E-state index in [1.807, 2.05) is 16.3 Å². The molecule has 2 aromatic rings. The van der Waals surface area contributed by atoms with Gasteiger partial charge in [0.05, 0.1) is 6.54 Å². The smallest absolute Gasteiger partial charge is 0.191 e. The zero-order chi connectivity index (χ0) is 18.6. The second kappa shape index (κ2) is 11.5. The number of hydrogen-bond donors (Lipinski definition) is 2. The van der Waals surface area contributed by atoms with Crippen LogP contribution >= 0.6 is 11.8 Å². The summed E-state index contributed by atoms with van der Waals surface area (Å²) in [4.78, 5) is 4.61. The third kappa shape index (κ3) is 7.03. The molecule has 2 rings (SSSR count). The fraction of sp³-hybridized carbons (Fsp3) is 0.500. The molecule has 0 aliphatic carbocycles. The van der Waals surface area contributed by atoms with Crippen molar-refractivity contribution in [3.05, 3.63) is 47.8 Å². The minimum absolute atomic E-state index is 0.230. The predicted octanol–water partition coefficient (Wildman–Crippen LogP) is 2.47. The molecule has 0 saturated carbocycles. The van der Waals surface area contributed by atoms with Crippen molar-refractivity contribution < 1.29 is 4.39 Å². The summed E-state index contributed by atoms with van der Waals surface area (Å²) in [6, 6.07) is 6.44. The minimum Gasteiger partial charge on any atom is -0.356 e. The molecule has 0 saturated heterocycles. The lowest BCUT2D eigenvalue weighted by atomic mass is 10.2. The first-order valence-corrected chi connectivity index (χ1v) is 10.2. The monoisotopic (exact) mass is 378 g/mol. The average molecular weight is 379 g/mol. The zero-order valence-corrected chi connectivity index (χ0v) is 16.2. The topological polar surface area (TPSA) is 67.1 Å². The third-order valence-corrected chi connectivity index (χ3v) is 4.50. The molecule has 6 nitrogen and oxygen atoms in total. The average Bonchev–Trinajstić information content (AvgIpc) is 3.11. The number of thioether (sulfide) groups is 1. The number of aryl methyl sites for hydroxylation is 1. The van der Waals surface area contributed by atoms with Crippen molar-refractivity contribution in [2.45, 2.75) is 32.9 Å². The van der Waals surface area contributed by atoms with Crippen LogP contribution in [0.5, 0.6) is 0 Å². The van der Waals surface area contributed by atoms with Crippen LogP contribution < -0.4 is 10.6 Å².